The number of carbonyl (C=O) groups excluding carboxylic acids is 2. The zero-order chi connectivity index (χ0) is 10.4. The molecule has 0 saturated carbocycles. The Kier molecular flexibility index (Phi) is 5.46. The van der Waals surface area contributed by atoms with Crippen molar-refractivity contribution in [3.63, 3.8) is 0 Å². The molecule has 0 aliphatic rings. The minimum atomic E-state index is -0.639. The molecule has 5 heteroatoms. The van der Waals surface area contributed by atoms with E-state index >= 15 is 0 Å². The molecule has 13 heavy (non-hydrogen) atoms. The second kappa shape index (κ2) is 5.80. The van der Waals surface area contributed by atoms with Gasteiger partial charge in [-0.1, -0.05) is 13.8 Å². The second-order valence-electron chi connectivity index (χ2n) is 3.25. The monoisotopic (exact) mass is 206 g/mol. The summed E-state index contributed by atoms with van der Waals surface area (Å²) in [7, 11) is 0. The normalized spacial score (nSPS) is 12.4. The molecule has 1 atom stereocenters. The van der Waals surface area contributed by atoms with Gasteiger partial charge in [-0.05, 0) is 12.8 Å². The minimum Gasteiger partial charge on any atom is -0.273 e. The molecule has 4 nitrogen and oxygen atoms in total. The molecule has 0 heterocycles. The number of amides is 2. The number of hydrogen-bond acceptors (Lipinski definition) is 2. The van der Waals surface area contributed by atoms with Crippen LogP contribution in [-0.4, -0.2) is 17.2 Å². The molecule has 0 radical (unpaired) electrons. The van der Waals surface area contributed by atoms with Crippen LogP contribution >= 0.6 is 11.6 Å². The van der Waals surface area contributed by atoms with Crippen molar-refractivity contribution in [2.24, 2.45) is 5.92 Å². The first-order valence-corrected chi connectivity index (χ1v) is 4.60. The molecule has 0 spiro atoms. The zero-order valence-corrected chi connectivity index (χ0v) is 8.81. The molecule has 0 aromatic rings. The average molecular weight is 207 g/mol. The smallest absolute Gasteiger partial charge is 0.256 e. The highest BCUT2D eigenvalue weighted by Crippen LogP contribution is 1.97. The Morgan fingerprint density at radius 1 is 1.23 bits per heavy atom. The number of nitrogens with one attached hydrogen (secondary N) is 2. The van der Waals surface area contributed by atoms with E-state index in [0.717, 1.165) is 0 Å². The summed E-state index contributed by atoms with van der Waals surface area (Å²) in [5.74, 6) is -0.343. The van der Waals surface area contributed by atoms with E-state index in [0.29, 0.717) is 6.42 Å². The molecule has 0 bridgehead atoms. The average Bonchev–Trinajstić information content (AvgIpc) is 1.98. The van der Waals surface area contributed by atoms with E-state index in [1.807, 2.05) is 13.8 Å². The number of halogens is 1. The maximum absolute atomic E-state index is 11.0. The van der Waals surface area contributed by atoms with Gasteiger partial charge in [0.2, 0.25) is 5.91 Å². The van der Waals surface area contributed by atoms with Crippen molar-refractivity contribution in [1.29, 1.82) is 0 Å². The third-order valence-corrected chi connectivity index (χ3v) is 1.48. The standard InChI is InChI=1S/C8H15ClN2O2/c1-5(2)4-7(12)10-11-8(13)6(3)9/h5-6H,4H2,1-3H3,(H,10,12)(H,11,13)/t6-/m1/s1. The van der Waals surface area contributed by atoms with Crippen LogP contribution in [-0.2, 0) is 9.59 Å². The minimum absolute atomic E-state index is 0.208. The van der Waals surface area contributed by atoms with E-state index in [9.17, 15) is 9.59 Å². The molecule has 0 aromatic heterocycles. The summed E-state index contributed by atoms with van der Waals surface area (Å²) in [5, 5.41) is -0.639. The molecule has 0 aliphatic heterocycles. The topological polar surface area (TPSA) is 58.2 Å². The maximum Gasteiger partial charge on any atom is 0.256 e. The Bertz CT molecular complexity index is 193. The van der Waals surface area contributed by atoms with Crippen LogP contribution in [0, 0.1) is 5.92 Å². The van der Waals surface area contributed by atoms with Crippen molar-refractivity contribution in [1.82, 2.24) is 10.9 Å². The molecule has 0 unspecified atom stereocenters. The lowest BCUT2D eigenvalue weighted by Crippen LogP contribution is -2.44. The van der Waals surface area contributed by atoms with Crippen LogP contribution in [0.4, 0.5) is 0 Å². The van der Waals surface area contributed by atoms with Gasteiger partial charge in [0.15, 0.2) is 0 Å². The van der Waals surface area contributed by atoms with Crippen molar-refractivity contribution in [2.75, 3.05) is 0 Å². The number of rotatable bonds is 3. The molecular formula is C8H15ClN2O2. The van der Waals surface area contributed by atoms with E-state index < -0.39 is 11.3 Å². The molecule has 0 rings (SSSR count). The van der Waals surface area contributed by atoms with E-state index in [1.165, 1.54) is 6.92 Å². The van der Waals surface area contributed by atoms with Crippen LogP contribution in [0.25, 0.3) is 0 Å². The van der Waals surface area contributed by atoms with Crippen LogP contribution in [0.1, 0.15) is 27.2 Å². The third-order valence-electron chi connectivity index (χ3n) is 1.28. The summed E-state index contributed by atoms with van der Waals surface area (Å²) in [6, 6.07) is 0. The lowest BCUT2D eigenvalue weighted by molar-refractivity contribution is -0.128. The maximum atomic E-state index is 11.0. The molecule has 0 aromatic carbocycles. The molecule has 0 saturated heterocycles. The molecule has 0 fully saturated rings. The van der Waals surface area contributed by atoms with Gasteiger partial charge in [0.25, 0.3) is 5.91 Å². The lowest BCUT2D eigenvalue weighted by atomic mass is 10.1. The van der Waals surface area contributed by atoms with Crippen molar-refractivity contribution < 1.29 is 9.59 Å². The van der Waals surface area contributed by atoms with Crippen molar-refractivity contribution in [3.05, 3.63) is 0 Å². The number of hydrogen-bond donors (Lipinski definition) is 2. The summed E-state index contributed by atoms with van der Waals surface area (Å²) in [6.45, 7) is 5.38. The number of carbonyl (C=O) groups is 2. The van der Waals surface area contributed by atoms with Crippen LogP contribution < -0.4 is 10.9 Å². The quantitative estimate of drug-likeness (QED) is 0.530. The highest BCUT2D eigenvalue weighted by Gasteiger charge is 2.10. The Morgan fingerprint density at radius 3 is 2.15 bits per heavy atom. The van der Waals surface area contributed by atoms with Crippen molar-refractivity contribution >= 4 is 23.4 Å². The predicted octanol–water partition coefficient (Wildman–Crippen LogP) is 0.807. The summed E-state index contributed by atoms with van der Waals surface area (Å²) in [6.07, 6.45) is 0.386. The van der Waals surface area contributed by atoms with Crippen LogP contribution in [0.2, 0.25) is 0 Å². The van der Waals surface area contributed by atoms with Gasteiger partial charge < -0.3 is 0 Å². The van der Waals surface area contributed by atoms with Gasteiger partial charge in [-0.2, -0.15) is 0 Å². The molecule has 2 amide bonds. The predicted molar refractivity (Wildman–Crippen MR) is 51.1 cm³/mol. The Balaban J connectivity index is 3.64. The second-order valence-corrected chi connectivity index (χ2v) is 3.91. The van der Waals surface area contributed by atoms with Crippen molar-refractivity contribution in [3.8, 4) is 0 Å². The highest BCUT2D eigenvalue weighted by atomic mass is 35.5. The first-order chi connectivity index (χ1) is 5.93. The van der Waals surface area contributed by atoms with Crippen LogP contribution in [0.15, 0.2) is 0 Å². The van der Waals surface area contributed by atoms with Gasteiger partial charge in [0.05, 0.1) is 0 Å². The Morgan fingerprint density at radius 2 is 1.77 bits per heavy atom. The van der Waals surface area contributed by atoms with Gasteiger partial charge in [-0.3, -0.25) is 20.4 Å². The van der Waals surface area contributed by atoms with Crippen molar-refractivity contribution in [2.45, 2.75) is 32.6 Å². The fraction of sp³-hybridized carbons (Fsp3) is 0.750. The number of alkyl halides is 1. The highest BCUT2D eigenvalue weighted by molar-refractivity contribution is 6.30. The molecule has 0 aliphatic carbocycles. The summed E-state index contributed by atoms with van der Waals surface area (Å²) < 4.78 is 0. The molecule has 2 N–H and O–H groups in total. The van der Waals surface area contributed by atoms with Gasteiger partial charge in [-0.15, -0.1) is 11.6 Å². The fourth-order valence-electron chi connectivity index (χ4n) is 0.653. The van der Waals surface area contributed by atoms with E-state index in [1.54, 1.807) is 0 Å². The van der Waals surface area contributed by atoms with E-state index in [4.69, 9.17) is 11.6 Å². The summed E-state index contributed by atoms with van der Waals surface area (Å²) in [5.41, 5.74) is 4.49. The lowest BCUT2D eigenvalue weighted by Gasteiger charge is -2.09. The van der Waals surface area contributed by atoms with Gasteiger partial charge in [0.1, 0.15) is 5.38 Å². The Labute approximate surface area is 83.0 Å². The van der Waals surface area contributed by atoms with Crippen LogP contribution in [0.3, 0.4) is 0 Å². The van der Waals surface area contributed by atoms with Gasteiger partial charge >= 0.3 is 0 Å². The van der Waals surface area contributed by atoms with Gasteiger partial charge in [0, 0.05) is 6.42 Å². The van der Waals surface area contributed by atoms with E-state index in [2.05, 4.69) is 10.9 Å². The Hall–Kier alpha value is -0.770. The first-order valence-electron chi connectivity index (χ1n) is 4.16. The SMILES string of the molecule is CC(C)CC(=O)NNC(=O)[C@@H](C)Cl. The number of hydrazine groups is 1. The summed E-state index contributed by atoms with van der Waals surface area (Å²) >= 11 is 5.45. The fourth-order valence-corrected chi connectivity index (χ4v) is 0.707. The van der Waals surface area contributed by atoms with Crippen LogP contribution in [0.5, 0.6) is 0 Å². The summed E-state index contributed by atoms with van der Waals surface area (Å²) in [4.78, 5) is 21.9. The third kappa shape index (κ3) is 6.40. The zero-order valence-electron chi connectivity index (χ0n) is 8.06. The largest absolute Gasteiger partial charge is 0.273 e. The molecule has 76 valence electrons. The van der Waals surface area contributed by atoms with E-state index in [-0.39, 0.29) is 11.8 Å². The molecular weight excluding hydrogens is 192 g/mol. The van der Waals surface area contributed by atoms with Gasteiger partial charge in [-0.25, -0.2) is 0 Å². The first kappa shape index (κ1) is 12.2.